The first-order valence-corrected chi connectivity index (χ1v) is 5.53. The van der Waals surface area contributed by atoms with Gasteiger partial charge in [0.05, 0.1) is 0 Å². The van der Waals surface area contributed by atoms with Crippen LogP contribution in [-0.2, 0) is 12.8 Å². The maximum Gasteiger partial charge on any atom is -0.00202 e. The van der Waals surface area contributed by atoms with Crippen molar-refractivity contribution in [1.82, 2.24) is 5.32 Å². The fraction of sp³-hybridized carbons (Fsp3) is 0.538. The second-order valence-electron chi connectivity index (χ2n) is 4.38. The maximum absolute atomic E-state index is 3.29. The Morgan fingerprint density at radius 2 is 2.29 bits per heavy atom. The Morgan fingerprint density at radius 1 is 1.43 bits per heavy atom. The molecule has 2 rings (SSSR count). The zero-order valence-corrected chi connectivity index (χ0v) is 9.14. The minimum atomic E-state index is 0.841. The molecule has 1 aromatic carbocycles. The number of rotatable bonds is 2. The van der Waals surface area contributed by atoms with Crippen LogP contribution in [0.1, 0.15) is 23.1 Å². The summed E-state index contributed by atoms with van der Waals surface area (Å²) in [5, 5.41) is 3.29. The van der Waals surface area contributed by atoms with Crippen molar-refractivity contribution in [3.63, 3.8) is 0 Å². The molecule has 0 heterocycles. The first-order valence-electron chi connectivity index (χ1n) is 5.53. The Morgan fingerprint density at radius 3 is 3.07 bits per heavy atom. The fourth-order valence-electron chi connectivity index (χ4n) is 2.50. The van der Waals surface area contributed by atoms with Gasteiger partial charge in [-0.05, 0) is 62.4 Å². The van der Waals surface area contributed by atoms with E-state index in [2.05, 4.69) is 30.4 Å². The van der Waals surface area contributed by atoms with Gasteiger partial charge in [-0.2, -0.15) is 0 Å². The number of benzene rings is 1. The average Bonchev–Trinajstić information content (AvgIpc) is 2.20. The molecule has 0 saturated heterocycles. The Bertz CT molecular complexity index is 317. The molecule has 1 aliphatic rings. The Hall–Kier alpha value is -0.820. The normalized spacial score (nSPS) is 20.6. The molecule has 1 unspecified atom stereocenters. The van der Waals surface area contributed by atoms with Crippen molar-refractivity contribution in [2.45, 2.75) is 26.2 Å². The first kappa shape index (κ1) is 9.72. The van der Waals surface area contributed by atoms with Gasteiger partial charge >= 0.3 is 0 Å². The predicted molar refractivity (Wildman–Crippen MR) is 60.6 cm³/mol. The molecule has 0 amide bonds. The molecule has 0 saturated carbocycles. The summed E-state index contributed by atoms with van der Waals surface area (Å²) in [4.78, 5) is 0. The second kappa shape index (κ2) is 4.14. The monoisotopic (exact) mass is 189 g/mol. The highest BCUT2D eigenvalue weighted by Gasteiger charge is 2.18. The molecular weight excluding hydrogens is 170 g/mol. The molecule has 0 aliphatic heterocycles. The van der Waals surface area contributed by atoms with E-state index in [0.29, 0.717) is 0 Å². The fourth-order valence-corrected chi connectivity index (χ4v) is 2.50. The van der Waals surface area contributed by atoms with Crippen molar-refractivity contribution in [3.8, 4) is 0 Å². The van der Waals surface area contributed by atoms with Gasteiger partial charge in [-0.15, -0.1) is 0 Å². The van der Waals surface area contributed by atoms with Crippen LogP contribution in [-0.4, -0.2) is 13.6 Å². The molecule has 1 aromatic rings. The van der Waals surface area contributed by atoms with Crippen molar-refractivity contribution >= 4 is 0 Å². The summed E-state index contributed by atoms with van der Waals surface area (Å²) >= 11 is 0. The lowest BCUT2D eigenvalue weighted by Crippen LogP contribution is -2.25. The molecule has 0 radical (unpaired) electrons. The summed E-state index contributed by atoms with van der Waals surface area (Å²) in [7, 11) is 2.05. The van der Waals surface area contributed by atoms with Crippen LogP contribution in [0.15, 0.2) is 18.2 Å². The Labute approximate surface area is 86.5 Å². The third kappa shape index (κ3) is 1.83. The minimum Gasteiger partial charge on any atom is -0.319 e. The van der Waals surface area contributed by atoms with E-state index in [1.165, 1.54) is 24.8 Å². The largest absolute Gasteiger partial charge is 0.319 e. The van der Waals surface area contributed by atoms with Gasteiger partial charge in [0.2, 0.25) is 0 Å². The topological polar surface area (TPSA) is 12.0 Å². The third-order valence-corrected chi connectivity index (χ3v) is 3.31. The van der Waals surface area contributed by atoms with Gasteiger partial charge < -0.3 is 5.32 Å². The highest BCUT2D eigenvalue weighted by molar-refractivity contribution is 5.36. The molecule has 0 fully saturated rings. The van der Waals surface area contributed by atoms with Crippen LogP contribution >= 0.6 is 0 Å². The molecule has 1 heteroatoms. The van der Waals surface area contributed by atoms with Crippen LogP contribution < -0.4 is 5.32 Å². The van der Waals surface area contributed by atoms with E-state index in [0.717, 1.165) is 12.5 Å². The molecule has 0 bridgehead atoms. The van der Waals surface area contributed by atoms with E-state index < -0.39 is 0 Å². The van der Waals surface area contributed by atoms with Gasteiger partial charge in [-0.25, -0.2) is 0 Å². The molecule has 1 nitrogen and oxygen atoms in total. The van der Waals surface area contributed by atoms with Crippen molar-refractivity contribution in [3.05, 3.63) is 34.9 Å². The van der Waals surface area contributed by atoms with E-state index in [-0.39, 0.29) is 0 Å². The predicted octanol–water partition coefficient (Wildman–Crippen LogP) is 2.32. The van der Waals surface area contributed by atoms with Crippen molar-refractivity contribution in [2.75, 3.05) is 13.6 Å². The minimum absolute atomic E-state index is 0.841. The number of hydrogen-bond acceptors (Lipinski definition) is 1. The molecule has 1 atom stereocenters. The van der Waals surface area contributed by atoms with Gasteiger partial charge in [-0.3, -0.25) is 0 Å². The smallest absolute Gasteiger partial charge is 0.00202 e. The molecular formula is C13H19N. The summed E-state index contributed by atoms with van der Waals surface area (Å²) in [5.41, 5.74) is 4.67. The summed E-state index contributed by atoms with van der Waals surface area (Å²) in [6, 6.07) is 6.71. The van der Waals surface area contributed by atoms with Crippen LogP contribution in [0, 0.1) is 12.8 Å². The quantitative estimate of drug-likeness (QED) is 0.753. The lowest BCUT2D eigenvalue weighted by Gasteiger charge is -2.25. The van der Waals surface area contributed by atoms with Crippen molar-refractivity contribution in [2.24, 2.45) is 5.92 Å². The van der Waals surface area contributed by atoms with Crippen molar-refractivity contribution < 1.29 is 0 Å². The van der Waals surface area contributed by atoms with Gasteiger partial charge in [0, 0.05) is 0 Å². The van der Waals surface area contributed by atoms with Crippen molar-refractivity contribution in [1.29, 1.82) is 0 Å². The van der Waals surface area contributed by atoms with Crippen LogP contribution in [0.25, 0.3) is 0 Å². The number of hydrogen-bond donors (Lipinski definition) is 1. The Kier molecular flexibility index (Phi) is 2.87. The van der Waals surface area contributed by atoms with Crippen LogP contribution in [0.4, 0.5) is 0 Å². The highest BCUT2D eigenvalue weighted by atomic mass is 14.8. The van der Waals surface area contributed by atoms with Gasteiger partial charge in [0.25, 0.3) is 0 Å². The van der Waals surface area contributed by atoms with E-state index in [9.17, 15) is 0 Å². The van der Waals surface area contributed by atoms with Crippen LogP contribution in [0.5, 0.6) is 0 Å². The zero-order valence-electron chi connectivity index (χ0n) is 9.14. The molecule has 76 valence electrons. The summed E-state index contributed by atoms with van der Waals surface area (Å²) in [6.45, 7) is 3.40. The van der Waals surface area contributed by atoms with Gasteiger partial charge in [0.1, 0.15) is 0 Å². The average molecular weight is 189 g/mol. The Balaban J connectivity index is 2.20. The summed E-state index contributed by atoms with van der Waals surface area (Å²) in [5.74, 6) is 0.841. The van der Waals surface area contributed by atoms with Crippen LogP contribution in [0.3, 0.4) is 0 Å². The van der Waals surface area contributed by atoms with E-state index in [1.807, 2.05) is 7.05 Å². The molecule has 1 aliphatic carbocycles. The third-order valence-electron chi connectivity index (χ3n) is 3.31. The number of nitrogens with one attached hydrogen (secondary N) is 1. The maximum atomic E-state index is 3.29. The first-order chi connectivity index (χ1) is 6.81. The highest BCUT2D eigenvalue weighted by Crippen LogP contribution is 2.27. The van der Waals surface area contributed by atoms with E-state index in [1.54, 1.807) is 11.1 Å². The summed E-state index contributed by atoms with van der Waals surface area (Å²) < 4.78 is 0. The molecule has 1 N–H and O–H groups in total. The van der Waals surface area contributed by atoms with E-state index >= 15 is 0 Å². The van der Waals surface area contributed by atoms with Gasteiger partial charge in [0.15, 0.2) is 0 Å². The standard InChI is InChI=1S/C13H19N/c1-10-4-3-5-12-7-6-11(9-14-2)8-13(10)12/h3-5,11,14H,6-9H2,1-2H3. The molecule has 0 spiro atoms. The second-order valence-corrected chi connectivity index (χ2v) is 4.38. The zero-order chi connectivity index (χ0) is 9.97. The van der Waals surface area contributed by atoms with Gasteiger partial charge in [-0.1, -0.05) is 18.2 Å². The molecule has 14 heavy (non-hydrogen) atoms. The lowest BCUT2D eigenvalue weighted by atomic mass is 9.82. The summed E-state index contributed by atoms with van der Waals surface area (Å²) in [6.07, 6.45) is 3.88. The number of fused-ring (bicyclic) bond motifs is 1. The van der Waals surface area contributed by atoms with Crippen LogP contribution in [0.2, 0.25) is 0 Å². The SMILES string of the molecule is CNCC1CCc2cccc(C)c2C1. The molecule has 0 aromatic heterocycles. The number of aryl methyl sites for hydroxylation is 2. The van der Waals surface area contributed by atoms with E-state index in [4.69, 9.17) is 0 Å². The lowest BCUT2D eigenvalue weighted by molar-refractivity contribution is 0.439.